The van der Waals surface area contributed by atoms with Crippen LogP contribution in [0.2, 0.25) is 0 Å². The molecule has 1 heterocycles. The van der Waals surface area contributed by atoms with Gasteiger partial charge in [0.05, 0.1) is 18.0 Å². The second-order valence-corrected chi connectivity index (χ2v) is 6.35. The number of nitrogens with two attached hydrogens (primary N) is 1. The van der Waals surface area contributed by atoms with E-state index in [4.69, 9.17) is 10.5 Å². The van der Waals surface area contributed by atoms with Gasteiger partial charge >= 0.3 is 0 Å². The molecule has 1 fully saturated rings. The molecule has 0 saturated heterocycles. The Balaban J connectivity index is 1.45. The van der Waals surface area contributed by atoms with E-state index in [0.717, 1.165) is 37.4 Å². The van der Waals surface area contributed by atoms with Gasteiger partial charge in [-0.3, -0.25) is 0 Å². The Kier molecular flexibility index (Phi) is 5.28. The number of hydrogen-bond acceptors (Lipinski definition) is 4. The van der Waals surface area contributed by atoms with Gasteiger partial charge in [-0.2, -0.15) is 0 Å². The first kappa shape index (κ1) is 16.0. The Morgan fingerprint density at radius 3 is 2.65 bits per heavy atom. The molecule has 0 radical (unpaired) electrons. The molecule has 1 saturated carbocycles. The molecule has 124 valence electrons. The van der Waals surface area contributed by atoms with Crippen LogP contribution < -0.4 is 10.5 Å². The SMILES string of the molecule is Cc1ccc(OCCCCn2nnc(CN)c2C2CCC2)cc1. The van der Waals surface area contributed by atoms with Gasteiger partial charge in [0.2, 0.25) is 0 Å². The molecule has 1 aromatic heterocycles. The maximum Gasteiger partial charge on any atom is 0.119 e. The number of unbranched alkanes of at least 4 members (excludes halogenated alkanes) is 1. The summed E-state index contributed by atoms with van der Waals surface area (Å²) < 4.78 is 7.84. The van der Waals surface area contributed by atoms with Crippen LogP contribution in [0, 0.1) is 6.92 Å². The first-order chi connectivity index (χ1) is 11.3. The maximum absolute atomic E-state index is 5.80. The van der Waals surface area contributed by atoms with Crippen molar-refractivity contribution in [1.29, 1.82) is 0 Å². The second-order valence-electron chi connectivity index (χ2n) is 6.35. The van der Waals surface area contributed by atoms with Gasteiger partial charge in [-0.15, -0.1) is 5.10 Å². The van der Waals surface area contributed by atoms with E-state index in [9.17, 15) is 0 Å². The summed E-state index contributed by atoms with van der Waals surface area (Å²) in [5.74, 6) is 1.56. The Morgan fingerprint density at radius 1 is 1.22 bits per heavy atom. The van der Waals surface area contributed by atoms with Crippen LogP contribution in [-0.2, 0) is 13.1 Å². The van der Waals surface area contributed by atoms with Crippen molar-refractivity contribution >= 4 is 0 Å². The first-order valence-corrected chi connectivity index (χ1v) is 8.59. The number of benzene rings is 1. The zero-order chi connectivity index (χ0) is 16.1. The quantitative estimate of drug-likeness (QED) is 0.760. The molecule has 5 nitrogen and oxygen atoms in total. The molecule has 2 aromatic rings. The van der Waals surface area contributed by atoms with Gasteiger partial charge in [0.1, 0.15) is 5.75 Å². The Labute approximate surface area is 137 Å². The zero-order valence-corrected chi connectivity index (χ0v) is 13.9. The van der Waals surface area contributed by atoms with E-state index in [1.807, 2.05) is 12.1 Å². The highest BCUT2D eigenvalue weighted by Crippen LogP contribution is 2.37. The summed E-state index contributed by atoms with van der Waals surface area (Å²) in [5.41, 5.74) is 9.30. The van der Waals surface area contributed by atoms with Gasteiger partial charge in [0.25, 0.3) is 0 Å². The highest BCUT2D eigenvalue weighted by atomic mass is 16.5. The molecular formula is C18H26N4O. The summed E-state index contributed by atoms with van der Waals surface area (Å²) in [6, 6.07) is 8.19. The molecule has 0 amide bonds. The molecule has 2 N–H and O–H groups in total. The third-order valence-corrected chi connectivity index (χ3v) is 4.59. The van der Waals surface area contributed by atoms with Crippen molar-refractivity contribution in [3.63, 3.8) is 0 Å². The normalized spacial score (nSPS) is 14.7. The summed E-state index contributed by atoms with van der Waals surface area (Å²) in [5, 5.41) is 8.55. The molecule has 1 aliphatic rings. The van der Waals surface area contributed by atoms with Crippen molar-refractivity contribution in [1.82, 2.24) is 15.0 Å². The standard InChI is InChI=1S/C18H26N4O/c1-14-7-9-16(10-8-14)23-12-3-2-11-22-18(15-5-4-6-15)17(13-19)20-21-22/h7-10,15H,2-6,11-13,19H2,1H3. The molecule has 3 rings (SSSR count). The average molecular weight is 314 g/mol. The fourth-order valence-electron chi connectivity index (χ4n) is 2.98. The summed E-state index contributed by atoms with van der Waals surface area (Å²) in [6.45, 7) is 4.20. The van der Waals surface area contributed by atoms with Crippen molar-refractivity contribution in [2.75, 3.05) is 6.61 Å². The van der Waals surface area contributed by atoms with Crippen LogP contribution in [0.4, 0.5) is 0 Å². The smallest absolute Gasteiger partial charge is 0.119 e. The lowest BCUT2D eigenvalue weighted by molar-refractivity contribution is 0.299. The van der Waals surface area contributed by atoms with E-state index in [0.29, 0.717) is 12.5 Å². The second kappa shape index (κ2) is 7.59. The maximum atomic E-state index is 5.80. The monoisotopic (exact) mass is 314 g/mol. The van der Waals surface area contributed by atoms with Gasteiger partial charge in [-0.1, -0.05) is 29.3 Å². The minimum absolute atomic E-state index is 0.488. The lowest BCUT2D eigenvalue weighted by atomic mass is 9.82. The molecule has 5 heteroatoms. The lowest BCUT2D eigenvalue weighted by Crippen LogP contribution is -2.18. The van der Waals surface area contributed by atoms with Crippen LogP contribution in [0.1, 0.15) is 55.0 Å². The number of rotatable bonds is 8. The highest BCUT2D eigenvalue weighted by Gasteiger charge is 2.26. The molecule has 0 spiro atoms. The lowest BCUT2D eigenvalue weighted by Gasteiger charge is -2.26. The van der Waals surface area contributed by atoms with Crippen molar-refractivity contribution < 1.29 is 4.74 Å². The van der Waals surface area contributed by atoms with Gasteiger partial charge in [0, 0.05) is 19.0 Å². The number of nitrogens with zero attached hydrogens (tertiary/aromatic N) is 3. The number of hydrogen-bond donors (Lipinski definition) is 1. The van der Waals surface area contributed by atoms with E-state index in [1.165, 1.54) is 30.5 Å². The van der Waals surface area contributed by atoms with E-state index >= 15 is 0 Å². The van der Waals surface area contributed by atoms with E-state index in [-0.39, 0.29) is 0 Å². The summed E-state index contributed by atoms with van der Waals surface area (Å²) in [7, 11) is 0. The largest absolute Gasteiger partial charge is 0.494 e. The van der Waals surface area contributed by atoms with Crippen LogP contribution in [0.15, 0.2) is 24.3 Å². The van der Waals surface area contributed by atoms with E-state index < -0.39 is 0 Å². The van der Waals surface area contributed by atoms with E-state index in [1.54, 1.807) is 0 Å². The summed E-state index contributed by atoms with van der Waals surface area (Å²) >= 11 is 0. The van der Waals surface area contributed by atoms with E-state index in [2.05, 4.69) is 34.1 Å². The Hall–Kier alpha value is -1.88. The zero-order valence-electron chi connectivity index (χ0n) is 13.9. The van der Waals surface area contributed by atoms with Crippen LogP contribution in [0.3, 0.4) is 0 Å². The third kappa shape index (κ3) is 3.91. The van der Waals surface area contributed by atoms with Crippen molar-refractivity contribution in [3.8, 4) is 5.75 Å². The van der Waals surface area contributed by atoms with Crippen molar-refractivity contribution in [2.45, 2.75) is 58.0 Å². The minimum Gasteiger partial charge on any atom is -0.494 e. The molecule has 1 aromatic carbocycles. The molecular weight excluding hydrogens is 288 g/mol. The van der Waals surface area contributed by atoms with Crippen LogP contribution in [-0.4, -0.2) is 21.6 Å². The fraction of sp³-hybridized carbons (Fsp3) is 0.556. The fourth-order valence-corrected chi connectivity index (χ4v) is 2.98. The molecule has 1 aliphatic carbocycles. The first-order valence-electron chi connectivity index (χ1n) is 8.59. The molecule has 0 atom stereocenters. The molecule has 0 unspecified atom stereocenters. The number of ether oxygens (including phenoxy) is 1. The Bertz CT molecular complexity index is 616. The van der Waals surface area contributed by atoms with Crippen LogP contribution >= 0.6 is 0 Å². The van der Waals surface area contributed by atoms with Crippen LogP contribution in [0.5, 0.6) is 5.75 Å². The summed E-state index contributed by atoms with van der Waals surface area (Å²) in [6.07, 6.45) is 5.85. The molecule has 0 bridgehead atoms. The van der Waals surface area contributed by atoms with Gasteiger partial charge < -0.3 is 10.5 Å². The minimum atomic E-state index is 0.488. The van der Waals surface area contributed by atoms with Gasteiger partial charge in [-0.05, 0) is 44.7 Å². The summed E-state index contributed by atoms with van der Waals surface area (Å²) in [4.78, 5) is 0. The van der Waals surface area contributed by atoms with Crippen LogP contribution in [0.25, 0.3) is 0 Å². The van der Waals surface area contributed by atoms with Gasteiger partial charge in [0.15, 0.2) is 0 Å². The predicted molar refractivity (Wildman–Crippen MR) is 90.4 cm³/mol. The van der Waals surface area contributed by atoms with Crippen molar-refractivity contribution in [2.24, 2.45) is 5.73 Å². The van der Waals surface area contributed by atoms with Gasteiger partial charge in [-0.25, -0.2) is 4.68 Å². The highest BCUT2D eigenvalue weighted by molar-refractivity contribution is 5.26. The third-order valence-electron chi connectivity index (χ3n) is 4.59. The van der Waals surface area contributed by atoms with Crippen molar-refractivity contribution in [3.05, 3.63) is 41.2 Å². The number of aryl methyl sites for hydroxylation is 2. The topological polar surface area (TPSA) is 66.0 Å². The Morgan fingerprint density at radius 2 is 2.00 bits per heavy atom. The molecule has 0 aliphatic heterocycles. The average Bonchev–Trinajstić information content (AvgIpc) is 2.90. The predicted octanol–water partition coefficient (Wildman–Crippen LogP) is 3.17. The number of aromatic nitrogens is 3. The molecule has 23 heavy (non-hydrogen) atoms.